The van der Waals surface area contributed by atoms with Crippen LogP contribution >= 0.6 is 11.8 Å². The molecule has 0 saturated carbocycles. The summed E-state index contributed by atoms with van der Waals surface area (Å²) < 4.78 is 2.32. The summed E-state index contributed by atoms with van der Waals surface area (Å²) in [7, 11) is 0. The fraction of sp³-hybridized carbons (Fsp3) is 0.0189. The topological polar surface area (TPSA) is 30.7 Å². The van der Waals surface area contributed by atoms with E-state index >= 15 is 0 Å². The average molecular weight is 742 g/mol. The quantitative estimate of drug-likeness (QED) is 0.177. The highest BCUT2D eigenvalue weighted by molar-refractivity contribution is 7.99. The second-order valence-corrected chi connectivity index (χ2v) is 16.3. The lowest BCUT2D eigenvalue weighted by atomic mass is 9.67. The van der Waals surface area contributed by atoms with Gasteiger partial charge in [-0.05, 0) is 85.3 Å². The molecule has 13 rings (SSSR count). The van der Waals surface area contributed by atoms with Crippen molar-refractivity contribution in [3.63, 3.8) is 0 Å². The summed E-state index contributed by atoms with van der Waals surface area (Å²) in [5.41, 5.74) is 12.6. The normalized spacial score (nSPS) is 13.7. The molecule has 11 aromatic rings. The van der Waals surface area contributed by atoms with E-state index in [4.69, 9.17) is 9.97 Å². The summed E-state index contributed by atoms with van der Waals surface area (Å²) >= 11 is 1.90. The first-order chi connectivity index (χ1) is 28.3. The molecular weight excluding hydrogens is 711 g/mol. The molecule has 0 bridgehead atoms. The van der Waals surface area contributed by atoms with Crippen LogP contribution in [0.1, 0.15) is 22.3 Å². The number of hydrogen-bond acceptors (Lipinski definition) is 3. The number of fused-ring (bicyclic) bond motifs is 17. The fourth-order valence-corrected chi connectivity index (χ4v) is 11.5. The number of aromatic nitrogens is 3. The van der Waals surface area contributed by atoms with E-state index in [1.54, 1.807) is 0 Å². The average Bonchev–Trinajstić information content (AvgIpc) is 3.78. The highest BCUT2D eigenvalue weighted by Gasteiger charge is 2.50. The zero-order valence-corrected chi connectivity index (χ0v) is 31.5. The molecule has 1 aliphatic carbocycles. The Morgan fingerprint density at radius 2 is 1.05 bits per heavy atom. The van der Waals surface area contributed by atoms with Crippen molar-refractivity contribution in [2.24, 2.45) is 0 Å². The van der Waals surface area contributed by atoms with Gasteiger partial charge in [-0.15, -0.1) is 0 Å². The van der Waals surface area contributed by atoms with Crippen molar-refractivity contribution < 1.29 is 0 Å². The molecule has 0 unspecified atom stereocenters. The molecule has 1 aliphatic heterocycles. The first-order valence-electron chi connectivity index (χ1n) is 19.5. The third kappa shape index (κ3) is 4.12. The molecule has 0 amide bonds. The SMILES string of the molecule is c1ccc2c(c1)Sc1c(ccc3c1c1c4ccccc4ccc1n3-c1nc(-c3ccc4ccccc4c3)c3ccccc3n1)C21c2ccccc2-c2ccccc21. The lowest BCUT2D eigenvalue weighted by Gasteiger charge is -2.40. The molecule has 3 heterocycles. The van der Waals surface area contributed by atoms with Gasteiger partial charge in [-0.2, -0.15) is 0 Å². The smallest absolute Gasteiger partial charge is 0.235 e. The Balaban J connectivity index is 1.18. The van der Waals surface area contributed by atoms with Gasteiger partial charge >= 0.3 is 0 Å². The summed E-state index contributed by atoms with van der Waals surface area (Å²) in [4.78, 5) is 13.5. The van der Waals surface area contributed by atoms with E-state index in [1.807, 2.05) is 11.8 Å². The van der Waals surface area contributed by atoms with Gasteiger partial charge in [-0.3, -0.25) is 4.57 Å². The van der Waals surface area contributed by atoms with Gasteiger partial charge in [-0.1, -0.05) is 169 Å². The van der Waals surface area contributed by atoms with Crippen molar-refractivity contribution in [2.75, 3.05) is 0 Å². The Morgan fingerprint density at radius 3 is 1.88 bits per heavy atom. The van der Waals surface area contributed by atoms with Crippen LogP contribution in [-0.2, 0) is 5.41 Å². The molecule has 0 atom stereocenters. The predicted molar refractivity (Wildman–Crippen MR) is 236 cm³/mol. The van der Waals surface area contributed by atoms with Crippen molar-refractivity contribution in [3.8, 4) is 28.3 Å². The molecule has 0 fully saturated rings. The molecule has 3 nitrogen and oxygen atoms in total. The van der Waals surface area contributed by atoms with Crippen LogP contribution in [0.2, 0.25) is 0 Å². The monoisotopic (exact) mass is 741 g/mol. The van der Waals surface area contributed by atoms with Gasteiger partial charge in [0.2, 0.25) is 5.95 Å². The highest BCUT2D eigenvalue weighted by Crippen LogP contribution is 2.63. The highest BCUT2D eigenvalue weighted by atomic mass is 32.2. The first-order valence-corrected chi connectivity index (χ1v) is 20.3. The summed E-state index contributed by atoms with van der Waals surface area (Å²) in [5.74, 6) is 0.666. The summed E-state index contributed by atoms with van der Waals surface area (Å²) in [6.45, 7) is 0. The van der Waals surface area contributed by atoms with Crippen molar-refractivity contribution in [1.29, 1.82) is 0 Å². The first kappa shape index (κ1) is 31.2. The van der Waals surface area contributed by atoms with Gasteiger partial charge in [0.15, 0.2) is 0 Å². The Morgan fingerprint density at radius 1 is 0.439 bits per heavy atom. The van der Waals surface area contributed by atoms with Crippen molar-refractivity contribution in [2.45, 2.75) is 15.2 Å². The van der Waals surface area contributed by atoms with Crippen molar-refractivity contribution >= 4 is 66.0 Å². The second-order valence-electron chi connectivity index (χ2n) is 15.2. The number of rotatable bonds is 2. The molecule has 1 spiro atoms. The van der Waals surface area contributed by atoms with Crippen LogP contribution in [-0.4, -0.2) is 14.5 Å². The zero-order valence-electron chi connectivity index (χ0n) is 30.6. The third-order valence-electron chi connectivity index (χ3n) is 12.4. The van der Waals surface area contributed by atoms with Gasteiger partial charge in [0.05, 0.1) is 27.7 Å². The summed E-state index contributed by atoms with van der Waals surface area (Å²) in [5, 5.41) is 8.34. The van der Waals surface area contributed by atoms with E-state index in [9.17, 15) is 0 Å². The van der Waals surface area contributed by atoms with Crippen LogP contribution in [0.25, 0.3) is 82.6 Å². The molecule has 2 aliphatic rings. The minimum absolute atomic E-state index is 0.472. The van der Waals surface area contributed by atoms with Crippen LogP contribution in [0.3, 0.4) is 0 Å². The van der Waals surface area contributed by atoms with E-state index in [2.05, 4.69) is 193 Å². The Bertz CT molecular complexity index is 3480. The van der Waals surface area contributed by atoms with Crippen molar-refractivity contribution in [3.05, 3.63) is 210 Å². The number of benzene rings is 9. The third-order valence-corrected chi connectivity index (χ3v) is 13.7. The molecule has 0 saturated heterocycles. The van der Waals surface area contributed by atoms with E-state index in [0.29, 0.717) is 5.95 Å². The predicted octanol–water partition coefficient (Wildman–Crippen LogP) is 13.5. The van der Waals surface area contributed by atoms with E-state index in [1.165, 1.54) is 75.5 Å². The van der Waals surface area contributed by atoms with Gasteiger partial charge < -0.3 is 0 Å². The fourth-order valence-electron chi connectivity index (χ4n) is 10.1. The van der Waals surface area contributed by atoms with E-state index in [-0.39, 0.29) is 0 Å². The molecule has 2 aromatic heterocycles. The molecule has 0 N–H and O–H groups in total. The minimum atomic E-state index is -0.472. The van der Waals surface area contributed by atoms with Crippen LogP contribution < -0.4 is 0 Å². The maximum atomic E-state index is 5.52. The molecule has 264 valence electrons. The van der Waals surface area contributed by atoms with Gasteiger partial charge in [0.25, 0.3) is 0 Å². The molecule has 57 heavy (non-hydrogen) atoms. The molecule has 9 aromatic carbocycles. The number of para-hydroxylation sites is 1. The molecule has 0 radical (unpaired) electrons. The Hall–Kier alpha value is -7.01. The summed E-state index contributed by atoms with van der Waals surface area (Å²) in [6.07, 6.45) is 0. The maximum absolute atomic E-state index is 5.52. The lowest BCUT2D eigenvalue weighted by Crippen LogP contribution is -2.32. The van der Waals surface area contributed by atoms with Crippen LogP contribution in [0.15, 0.2) is 198 Å². The Labute approximate surface area is 332 Å². The van der Waals surface area contributed by atoms with Crippen LogP contribution in [0.5, 0.6) is 0 Å². The van der Waals surface area contributed by atoms with Gasteiger partial charge in [0, 0.05) is 31.5 Å². The van der Waals surface area contributed by atoms with Crippen LogP contribution in [0.4, 0.5) is 0 Å². The zero-order chi connectivity index (χ0) is 37.2. The Kier molecular flexibility index (Phi) is 6.31. The van der Waals surface area contributed by atoms with Gasteiger partial charge in [-0.25, -0.2) is 9.97 Å². The standard InChI is InChI=1S/C53H31N3S/c1-2-15-34-31-35(26-25-32(34)13-1)50-39-19-7-11-23-44(39)54-52(55-50)56-45-29-27-33-14-3-4-16-36(33)48(45)49-46(56)30-28-43-51(49)57-47-24-12-10-22-42(47)53(43)40-20-8-5-17-37(40)38-18-6-9-21-41(38)53/h1-31H. The van der Waals surface area contributed by atoms with Crippen molar-refractivity contribution in [1.82, 2.24) is 14.5 Å². The lowest BCUT2D eigenvalue weighted by molar-refractivity contribution is 0.726. The van der Waals surface area contributed by atoms with E-state index < -0.39 is 5.41 Å². The van der Waals surface area contributed by atoms with E-state index in [0.717, 1.165) is 33.2 Å². The van der Waals surface area contributed by atoms with Gasteiger partial charge in [0.1, 0.15) is 0 Å². The largest absolute Gasteiger partial charge is 0.278 e. The number of hydrogen-bond donors (Lipinski definition) is 0. The minimum Gasteiger partial charge on any atom is -0.278 e. The second kappa shape index (κ2) is 11.5. The molecular formula is C53H31N3S. The number of nitrogens with zero attached hydrogens (tertiary/aromatic N) is 3. The van der Waals surface area contributed by atoms with Crippen LogP contribution in [0, 0.1) is 0 Å². The summed E-state index contributed by atoms with van der Waals surface area (Å²) in [6, 6.07) is 68.8. The molecule has 4 heteroatoms. The maximum Gasteiger partial charge on any atom is 0.235 e.